The maximum absolute atomic E-state index is 12.6. The molecule has 2 aliphatic carbocycles. The second-order valence-corrected chi connectivity index (χ2v) is 6.84. The molecule has 2 aliphatic rings. The Kier molecular flexibility index (Phi) is 4.57. The zero-order valence-corrected chi connectivity index (χ0v) is 14.3. The van der Waals surface area contributed by atoms with Gasteiger partial charge in [0.1, 0.15) is 0 Å². The molecule has 3 rings (SSSR count). The number of carbonyl (C=O) groups excluding carboxylic acids is 1. The topological polar surface area (TPSA) is 54.5 Å². The molecule has 126 valence electrons. The third-order valence-corrected chi connectivity index (χ3v) is 5.80. The van der Waals surface area contributed by atoms with E-state index in [0.717, 1.165) is 18.6 Å². The molecule has 0 unspecified atom stereocenters. The second-order valence-electron chi connectivity index (χ2n) is 6.84. The monoisotopic (exact) mass is 317 g/mol. The first kappa shape index (κ1) is 16.2. The summed E-state index contributed by atoms with van der Waals surface area (Å²) in [6, 6.07) is 4.16. The van der Waals surface area contributed by atoms with Gasteiger partial charge in [-0.1, -0.05) is 12.5 Å². The van der Waals surface area contributed by atoms with Gasteiger partial charge in [-0.3, -0.25) is 4.98 Å². The third kappa shape index (κ3) is 2.82. The number of carbonyl (C=O) groups is 1. The molecule has 1 heterocycles. The number of pyridine rings is 1. The molecule has 0 aromatic carbocycles. The van der Waals surface area contributed by atoms with E-state index in [1.165, 1.54) is 19.3 Å². The lowest BCUT2D eigenvalue weighted by molar-refractivity contribution is -0.169. The van der Waals surface area contributed by atoms with Crippen LogP contribution < -0.4 is 5.32 Å². The van der Waals surface area contributed by atoms with Crippen LogP contribution in [0.5, 0.6) is 0 Å². The zero-order chi connectivity index (χ0) is 16.4. The average Bonchev–Trinajstić information content (AvgIpc) is 2.51. The highest BCUT2D eigenvalue weighted by Crippen LogP contribution is 2.57. The van der Waals surface area contributed by atoms with Gasteiger partial charge in [-0.25, -0.2) is 4.79 Å². The molecule has 5 heteroatoms. The molecular weight excluding hydrogens is 290 g/mol. The number of nitrogens with zero attached hydrogens (tertiary/aromatic N) is 2. The van der Waals surface area contributed by atoms with Crippen LogP contribution in [0.1, 0.15) is 51.1 Å². The Morgan fingerprint density at radius 1 is 1.57 bits per heavy atom. The van der Waals surface area contributed by atoms with Gasteiger partial charge in [0, 0.05) is 37.5 Å². The Morgan fingerprint density at radius 3 is 2.91 bits per heavy atom. The first-order chi connectivity index (χ1) is 11.1. The molecule has 0 radical (unpaired) electrons. The van der Waals surface area contributed by atoms with Crippen LogP contribution in [0.4, 0.5) is 4.79 Å². The predicted molar refractivity (Wildman–Crippen MR) is 89.0 cm³/mol. The van der Waals surface area contributed by atoms with Crippen LogP contribution in [0.25, 0.3) is 0 Å². The Bertz CT molecular complexity index is 544. The molecule has 2 fully saturated rings. The molecule has 1 aromatic rings. The van der Waals surface area contributed by atoms with Gasteiger partial charge in [-0.05, 0) is 44.7 Å². The van der Waals surface area contributed by atoms with E-state index in [1.807, 2.05) is 39.2 Å². The number of amides is 2. The molecule has 23 heavy (non-hydrogen) atoms. The van der Waals surface area contributed by atoms with Crippen molar-refractivity contribution in [2.24, 2.45) is 5.41 Å². The van der Waals surface area contributed by atoms with E-state index in [-0.39, 0.29) is 23.5 Å². The highest BCUT2D eigenvalue weighted by Gasteiger charge is 2.59. The van der Waals surface area contributed by atoms with Crippen molar-refractivity contribution in [2.45, 2.75) is 57.7 Å². The number of rotatable bonds is 5. The van der Waals surface area contributed by atoms with Crippen molar-refractivity contribution in [3.05, 3.63) is 30.1 Å². The summed E-state index contributed by atoms with van der Waals surface area (Å²) < 4.78 is 5.85. The predicted octanol–water partition coefficient (Wildman–Crippen LogP) is 3.13. The highest BCUT2D eigenvalue weighted by molar-refractivity contribution is 5.75. The first-order valence-electron chi connectivity index (χ1n) is 8.63. The molecule has 5 nitrogen and oxygen atoms in total. The van der Waals surface area contributed by atoms with Gasteiger partial charge in [0.25, 0.3) is 0 Å². The van der Waals surface area contributed by atoms with E-state index in [0.29, 0.717) is 6.10 Å². The van der Waals surface area contributed by atoms with Crippen molar-refractivity contribution in [2.75, 3.05) is 13.7 Å². The lowest BCUT2D eigenvalue weighted by Gasteiger charge is -2.61. The molecule has 1 spiro atoms. The number of aromatic nitrogens is 1. The average molecular weight is 317 g/mol. The Morgan fingerprint density at radius 2 is 2.35 bits per heavy atom. The molecule has 2 saturated carbocycles. The number of hydrogen-bond acceptors (Lipinski definition) is 3. The van der Waals surface area contributed by atoms with Crippen LogP contribution in [-0.4, -0.2) is 41.7 Å². The van der Waals surface area contributed by atoms with Crippen molar-refractivity contribution < 1.29 is 9.53 Å². The number of ether oxygens (including phenoxy) is 1. The van der Waals surface area contributed by atoms with E-state index >= 15 is 0 Å². The summed E-state index contributed by atoms with van der Waals surface area (Å²) >= 11 is 0. The third-order valence-electron chi connectivity index (χ3n) is 5.80. The fourth-order valence-electron chi connectivity index (χ4n) is 3.91. The summed E-state index contributed by atoms with van der Waals surface area (Å²) in [5.41, 5.74) is 1.24. The van der Waals surface area contributed by atoms with E-state index in [9.17, 15) is 4.79 Å². The van der Waals surface area contributed by atoms with Gasteiger partial charge in [-0.15, -0.1) is 0 Å². The lowest BCUT2D eigenvalue weighted by Crippen LogP contribution is -2.68. The van der Waals surface area contributed by atoms with Crippen LogP contribution in [0.15, 0.2) is 24.5 Å². The smallest absolute Gasteiger partial charge is 0.317 e. The Labute approximate surface area is 138 Å². The van der Waals surface area contributed by atoms with Gasteiger partial charge < -0.3 is 15.0 Å². The maximum Gasteiger partial charge on any atom is 0.317 e. The van der Waals surface area contributed by atoms with Crippen LogP contribution in [0, 0.1) is 5.41 Å². The number of urea groups is 1. The molecule has 0 bridgehead atoms. The van der Waals surface area contributed by atoms with Crippen molar-refractivity contribution in [1.82, 2.24) is 15.2 Å². The van der Waals surface area contributed by atoms with Gasteiger partial charge >= 0.3 is 6.03 Å². The molecule has 0 aliphatic heterocycles. The molecule has 3 atom stereocenters. The van der Waals surface area contributed by atoms with Crippen molar-refractivity contribution in [3.8, 4) is 0 Å². The van der Waals surface area contributed by atoms with E-state index < -0.39 is 0 Å². The molecular formula is C18H27N3O2. The minimum absolute atomic E-state index is 0.00352. The van der Waals surface area contributed by atoms with Gasteiger partial charge in [-0.2, -0.15) is 0 Å². The van der Waals surface area contributed by atoms with Crippen molar-refractivity contribution >= 4 is 6.03 Å². The van der Waals surface area contributed by atoms with E-state index in [1.54, 1.807) is 11.1 Å². The van der Waals surface area contributed by atoms with Crippen LogP contribution in [-0.2, 0) is 4.74 Å². The summed E-state index contributed by atoms with van der Waals surface area (Å²) in [6.45, 7) is 4.83. The summed E-state index contributed by atoms with van der Waals surface area (Å²) in [5, 5.41) is 3.23. The SMILES string of the molecule is CCO[C@@H]1C[C@@H](NC(=O)N(C)[C@H](C)c2cccnc2)C12CCC2. The van der Waals surface area contributed by atoms with Gasteiger partial charge in [0.05, 0.1) is 12.1 Å². The lowest BCUT2D eigenvalue weighted by atomic mass is 9.51. The molecule has 2 amide bonds. The van der Waals surface area contributed by atoms with Crippen LogP contribution in [0.2, 0.25) is 0 Å². The Balaban J connectivity index is 1.59. The fourth-order valence-corrected chi connectivity index (χ4v) is 3.91. The van der Waals surface area contributed by atoms with Crippen molar-refractivity contribution in [3.63, 3.8) is 0 Å². The minimum Gasteiger partial charge on any atom is -0.378 e. The molecule has 1 N–H and O–H groups in total. The summed E-state index contributed by atoms with van der Waals surface area (Å²) in [6.07, 6.45) is 8.42. The zero-order valence-electron chi connectivity index (χ0n) is 14.3. The largest absolute Gasteiger partial charge is 0.378 e. The highest BCUT2D eigenvalue weighted by atomic mass is 16.5. The summed E-state index contributed by atoms with van der Waals surface area (Å²) in [7, 11) is 1.85. The number of nitrogens with one attached hydrogen (secondary N) is 1. The van der Waals surface area contributed by atoms with Gasteiger partial charge in [0.15, 0.2) is 0 Å². The second kappa shape index (κ2) is 6.48. The van der Waals surface area contributed by atoms with E-state index in [2.05, 4.69) is 10.3 Å². The van der Waals surface area contributed by atoms with Crippen molar-refractivity contribution in [1.29, 1.82) is 0 Å². The van der Waals surface area contributed by atoms with Crippen LogP contribution >= 0.6 is 0 Å². The minimum atomic E-state index is -0.00687. The molecule has 1 aromatic heterocycles. The molecule has 0 saturated heterocycles. The normalized spacial score (nSPS) is 26.0. The Hall–Kier alpha value is -1.62. The van der Waals surface area contributed by atoms with Gasteiger partial charge in [0.2, 0.25) is 0 Å². The summed E-state index contributed by atoms with van der Waals surface area (Å²) in [5.74, 6) is 0. The quantitative estimate of drug-likeness (QED) is 0.908. The maximum atomic E-state index is 12.6. The van der Waals surface area contributed by atoms with E-state index in [4.69, 9.17) is 4.74 Å². The number of hydrogen-bond donors (Lipinski definition) is 1. The standard InChI is InChI=1S/C18H27N3O2/c1-4-23-16-11-15(18(16)8-6-9-18)20-17(22)21(3)13(2)14-7-5-10-19-12-14/h5,7,10,12-13,15-16H,4,6,8-9,11H2,1-3H3,(H,20,22)/t13-,15-,16-/m1/s1. The first-order valence-corrected chi connectivity index (χ1v) is 8.63. The van der Waals surface area contributed by atoms with Crippen LogP contribution in [0.3, 0.4) is 0 Å². The summed E-state index contributed by atoms with van der Waals surface area (Å²) in [4.78, 5) is 18.5. The fraction of sp³-hybridized carbons (Fsp3) is 0.667.